The molecule has 0 radical (unpaired) electrons. The minimum absolute atomic E-state index is 0.295. The fourth-order valence-corrected chi connectivity index (χ4v) is 2.52. The summed E-state index contributed by atoms with van der Waals surface area (Å²) in [6, 6.07) is 0. The summed E-state index contributed by atoms with van der Waals surface area (Å²) in [6.45, 7) is 2.14. The summed E-state index contributed by atoms with van der Waals surface area (Å²) >= 11 is 0. The number of carboxylic acid groups (broad SMARTS) is 2. The van der Waals surface area contributed by atoms with Crippen molar-refractivity contribution in [1.29, 1.82) is 0 Å². The van der Waals surface area contributed by atoms with Gasteiger partial charge in [0, 0.05) is 12.8 Å². The third-order valence-corrected chi connectivity index (χ3v) is 3.94. The molecule has 4 heteroatoms. The van der Waals surface area contributed by atoms with Gasteiger partial charge in [-0.2, -0.15) is 0 Å². The first-order valence-corrected chi connectivity index (χ1v) is 8.46. The molecule has 0 aliphatic heterocycles. The molecule has 0 aromatic heterocycles. The molecule has 1 atom stereocenters. The van der Waals surface area contributed by atoms with Gasteiger partial charge in [-0.15, -0.1) is 0 Å². The van der Waals surface area contributed by atoms with Gasteiger partial charge in [-0.3, -0.25) is 9.59 Å². The molecule has 124 valence electrons. The predicted octanol–water partition coefficient (Wildman–Crippen LogP) is 4.86. The molecule has 0 aromatic rings. The Morgan fingerprint density at radius 1 is 0.667 bits per heavy atom. The van der Waals surface area contributed by atoms with Crippen molar-refractivity contribution in [2.75, 3.05) is 0 Å². The number of hydrogen-bond donors (Lipinski definition) is 2. The quantitative estimate of drug-likeness (QED) is 0.423. The van der Waals surface area contributed by atoms with E-state index in [1.165, 1.54) is 38.5 Å². The molecule has 0 aliphatic carbocycles. The first-order chi connectivity index (χ1) is 10.0. The fourth-order valence-electron chi connectivity index (χ4n) is 2.52. The van der Waals surface area contributed by atoms with Crippen molar-refractivity contribution in [3.05, 3.63) is 0 Å². The predicted molar refractivity (Wildman–Crippen MR) is 84.5 cm³/mol. The van der Waals surface area contributed by atoms with E-state index in [2.05, 4.69) is 6.92 Å². The van der Waals surface area contributed by atoms with Crippen LogP contribution >= 0.6 is 0 Å². The Labute approximate surface area is 128 Å². The highest BCUT2D eigenvalue weighted by atomic mass is 16.4. The van der Waals surface area contributed by atoms with Crippen molar-refractivity contribution in [2.45, 2.75) is 90.4 Å². The molecule has 0 aliphatic rings. The van der Waals surface area contributed by atoms with Crippen LogP contribution in [0.2, 0.25) is 0 Å². The second-order valence-electron chi connectivity index (χ2n) is 6.15. The standard InChI is InChI=1S/C17H32O4/c1-15(13-14-17(20)21)11-9-7-5-3-2-4-6-8-10-12-16(18)19/h15H,2-14H2,1H3,(H,18,19)(H,20,21). The maximum absolute atomic E-state index is 10.5. The van der Waals surface area contributed by atoms with Crippen LogP contribution in [0, 0.1) is 5.92 Å². The lowest BCUT2D eigenvalue weighted by Gasteiger charge is -2.09. The highest BCUT2D eigenvalue weighted by molar-refractivity contribution is 5.66. The Kier molecular flexibility index (Phi) is 13.2. The summed E-state index contributed by atoms with van der Waals surface area (Å²) < 4.78 is 0. The fraction of sp³-hybridized carbons (Fsp3) is 0.882. The van der Waals surface area contributed by atoms with Crippen molar-refractivity contribution < 1.29 is 19.8 Å². The largest absolute Gasteiger partial charge is 0.481 e. The monoisotopic (exact) mass is 300 g/mol. The number of carbonyl (C=O) groups is 2. The van der Waals surface area contributed by atoms with Crippen molar-refractivity contribution in [1.82, 2.24) is 0 Å². The Morgan fingerprint density at radius 3 is 1.57 bits per heavy atom. The number of aliphatic carboxylic acids is 2. The summed E-state index contributed by atoms with van der Waals surface area (Å²) in [7, 11) is 0. The molecule has 0 saturated heterocycles. The topological polar surface area (TPSA) is 74.6 Å². The van der Waals surface area contributed by atoms with Gasteiger partial charge in [-0.25, -0.2) is 0 Å². The number of carboxylic acids is 2. The molecule has 0 amide bonds. The maximum Gasteiger partial charge on any atom is 0.303 e. The summed E-state index contributed by atoms with van der Waals surface area (Å²) in [4.78, 5) is 20.8. The lowest BCUT2D eigenvalue weighted by Crippen LogP contribution is -2.01. The third-order valence-electron chi connectivity index (χ3n) is 3.94. The van der Waals surface area contributed by atoms with Crippen LogP contribution in [0.25, 0.3) is 0 Å². The van der Waals surface area contributed by atoms with E-state index in [0.29, 0.717) is 18.8 Å². The SMILES string of the molecule is CC(CCCCCCCCCCCC(=O)O)CCC(=O)O. The summed E-state index contributed by atoms with van der Waals surface area (Å²) in [5.74, 6) is -0.854. The van der Waals surface area contributed by atoms with Crippen LogP contribution in [0.4, 0.5) is 0 Å². The van der Waals surface area contributed by atoms with Crippen LogP contribution in [0.3, 0.4) is 0 Å². The Hall–Kier alpha value is -1.06. The van der Waals surface area contributed by atoms with Crippen LogP contribution in [-0.2, 0) is 9.59 Å². The zero-order chi connectivity index (χ0) is 15.9. The van der Waals surface area contributed by atoms with E-state index in [0.717, 1.165) is 32.1 Å². The molecule has 2 N–H and O–H groups in total. The zero-order valence-electron chi connectivity index (χ0n) is 13.5. The van der Waals surface area contributed by atoms with Crippen LogP contribution < -0.4 is 0 Å². The Morgan fingerprint density at radius 2 is 1.10 bits per heavy atom. The second-order valence-corrected chi connectivity index (χ2v) is 6.15. The van der Waals surface area contributed by atoms with Gasteiger partial charge in [0.25, 0.3) is 0 Å². The van der Waals surface area contributed by atoms with Crippen molar-refractivity contribution in [3.63, 3.8) is 0 Å². The molecule has 21 heavy (non-hydrogen) atoms. The highest BCUT2D eigenvalue weighted by Crippen LogP contribution is 2.16. The first kappa shape index (κ1) is 19.9. The van der Waals surface area contributed by atoms with Crippen LogP contribution in [0.5, 0.6) is 0 Å². The van der Waals surface area contributed by atoms with Gasteiger partial charge in [0.1, 0.15) is 0 Å². The van der Waals surface area contributed by atoms with E-state index in [9.17, 15) is 9.59 Å². The average molecular weight is 300 g/mol. The van der Waals surface area contributed by atoms with Crippen molar-refractivity contribution >= 4 is 11.9 Å². The molecule has 4 nitrogen and oxygen atoms in total. The minimum atomic E-state index is -0.690. The molecule has 0 rings (SSSR count). The summed E-state index contributed by atoms with van der Waals surface area (Å²) in [5, 5.41) is 17.1. The number of unbranched alkanes of at least 4 members (excludes halogenated alkanes) is 8. The van der Waals surface area contributed by atoms with Gasteiger partial charge in [0.15, 0.2) is 0 Å². The Bertz CT molecular complexity index is 276. The lowest BCUT2D eigenvalue weighted by molar-refractivity contribution is -0.138. The summed E-state index contributed by atoms with van der Waals surface area (Å²) in [5.41, 5.74) is 0. The van der Waals surface area contributed by atoms with Crippen molar-refractivity contribution in [3.8, 4) is 0 Å². The minimum Gasteiger partial charge on any atom is -0.481 e. The average Bonchev–Trinajstić information content (AvgIpc) is 2.42. The number of rotatable bonds is 15. The van der Waals surface area contributed by atoms with E-state index < -0.39 is 11.9 Å². The maximum atomic E-state index is 10.5. The molecule has 0 heterocycles. The van der Waals surface area contributed by atoms with E-state index in [1.807, 2.05) is 0 Å². The molecule has 0 fully saturated rings. The highest BCUT2D eigenvalue weighted by Gasteiger charge is 2.05. The Balaban J connectivity index is 3.15. The third kappa shape index (κ3) is 16.9. The van der Waals surface area contributed by atoms with Crippen LogP contribution in [0.15, 0.2) is 0 Å². The summed E-state index contributed by atoms with van der Waals surface area (Å²) in [6.07, 6.45) is 13.0. The lowest BCUT2D eigenvalue weighted by atomic mass is 9.97. The zero-order valence-corrected chi connectivity index (χ0v) is 13.5. The van der Waals surface area contributed by atoms with Gasteiger partial charge in [0.2, 0.25) is 0 Å². The van der Waals surface area contributed by atoms with E-state index in [4.69, 9.17) is 10.2 Å². The van der Waals surface area contributed by atoms with Gasteiger partial charge >= 0.3 is 11.9 Å². The van der Waals surface area contributed by atoms with Gasteiger partial charge < -0.3 is 10.2 Å². The molecular formula is C17H32O4. The molecule has 0 aromatic carbocycles. The van der Waals surface area contributed by atoms with Gasteiger partial charge in [0.05, 0.1) is 0 Å². The van der Waals surface area contributed by atoms with Crippen LogP contribution in [0.1, 0.15) is 90.4 Å². The molecular weight excluding hydrogens is 268 g/mol. The molecule has 0 bridgehead atoms. The van der Waals surface area contributed by atoms with Gasteiger partial charge in [-0.1, -0.05) is 64.7 Å². The second kappa shape index (κ2) is 13.9. The first-order valence-electron chi connectivity index (χ1n) is 8.46. The van der Waals surface area contributed by atoms with E-state index >= 15 is 0 Å². The number of hydrogen-bond acceptors (Lipinski definition) is 2. The van der Waals surface area contributed by atoms with Gasteiger partial charge in [-0.05, 0) is 18.8 Å². The normalized spacial score (nSPS) is 12.2. The molecule has 0 saturated carbocycles. The smallest absolute Gasteiger partial charge is 0.303 e. The van der Waals surface area contributed by atoms with Crippen molar-refractivity contribution in [2.24, 2.45) is 5.92 Å². The van der Waals surface area contributed by atoms with Crippen LogP contribution in [-0.4, -0.2) is 22.2 Å². The van der Waals surface area contributed by atoms with E-state index in [-0.39, 0.29) is 0 Å². The molecule has 1 unspecified atom stereocenters. The van der Waals surface area contributed by atoms with E-state index in [1.54, 1.807) is 0 Å². The molecule has 0 spiro atoms.